The number of methoxy groups -OCH3 is 1. The van der Waals surface area contributed by atoms with Crippen LogP contribution in [0.1, 0.15) is 12.0 Å². The molecule has 0 bridgehead atoms. The Morgan fingerprint density at radius 2 is 1.83 bits per heavy atom. The van der Waals surface area contributed by atoms with E-state index in [0.29, 0.717) is 24.3 Å². The van der Waals surface area contributed by atoms with E-state index in [1.54, 1.807) is 18.9 Å². The lowest BCUT2D eigenvalue weighted by molar-refractivity contribution is -0.120. The number of para-hydroxylation sites is 2. The Bertz CT molecular complexity index is 823. The summed E-state index contributed by atoms with van der Waals surface area (Å²) >= 11 is 2.64. The smallest absolute Gasteiger partial charge is 0.189 e. The van der Waals surface area contributed by atoms with E-state index in [9.17, 15) is 9.59 Å². The summed E-state index contributed by atoms with van der Waals surface area (Å²) in [5, 5.41) is 3.32. The average molecular weight is 432 g/mol. The molecule has 0 spiro atoms. The van der Waals surface area contributed by atoms with Crippen LogP contribution in [0.2, 0.25) is 0 Å². The maximum Gasteiger partial charge on any atom is 0.189 e. The molecule has 7 heteroatoms. The maximum absolute atomic E-state index is 13.0. The minimum atomic E-state index is -0.826. The van der Waals surface area contributed by atoms with Gasteiger partial charge in [0.15, 0.2) is 27.3 Å². The van der Waals surface area contributed by atoms with Crippen molar-refractivity contribution in [3.8, 4) is 11.5 Å². The van der Waals surface area contributed by atoms with E-state index < -0.39 is 4.87 Å². The van der Waals surface area contributed by atoms with Gasteiger partial charge in [-0.1, -0.05) is 54.2 Å². The van der Waals surface area contributed by atoms with Gasteiger partial charge in [-0.05, 0) is 24.1 Å². The lowest BCUT2D eigenvalue weighted by atomic mass is 10.1. The number of ketones is 1. The molecule has 0 saturated carbocycles. The molecule has 3 rings (SSSR count). The summed E-state index contributed by atoms with van der Waals surface area (Å²) < 4.78 is 11.2. The third-order valence-electron chi connectivity index (χ3n) is 4.64. The summed E-state index contributed by atoms with van der Waals surface area (Å²) in [7, 11) is 1.59. The first kappa shape index (κ1) is 21.7. The number of hydrogen-bond donors (Lipinski definition) is 1. The number of Topliss-reactive ketones (excluding diaryl/α,β-unsaturated/α-hetero) is 1. The molecule has 1 aliphatic rings. The third-order valence-corrected chi connectivity index (χ3v) is 6.96. The van der Waals surface area contributed by atoms with Crippen molar-refractivity contribution in [2.45, 2.75) is 17.7 Å². The average Bonchev–Trinajstić information content (AvgIpc) is 3.25. The van der Waals surface area contributed by atoms with Gasteiger partial charge in [0.2, 0.25) is 0 Å². The Morgan fingerprint density at radius 3 is 2.52 bits per heavy atom. The zero-order valence-corrected chi connectivity index (χ0v) is 18.0. The second-order valence-corrected chi connectivity index (χ2v) is 9.04. The topological polar surface area (TPSA) is 64.6 Å². The van der Waals surface area contributed by atoms with E-state index in [0.717, 1.165) is 29.6 Å². The summed E-state index contributed by atoms with van der Waals surface area (Å²) in [5.74, 6) is 2.18. The van der Waals surface area contributed by atoms with Gasteiger partial charge in [-0.15, -0.1) is 11.8 Å². The van der Waals surface area contributed by atoms with Crippen molar-refractivity contribution in [1.29, 1.82) is 0 Å². The van der Waals surface area contributed by atoms with Crippen molar-refractivity contribution in [3.63, 3.8) is 0 Å². The number of carbonyl (C=O) groups excluding carboxylic acids is 2. The van der Waals surface area contributed by atoms with Crippen molar-refractivity contribution in [2.24, 2.45) is 0 Å². The van der Waals surface area contributed by atoms with Gasteiger partial charge in [0, 0.05) is 18.7 Å². The molecule has 1 unspecified atom stereocenters. The fourth-order valence-electron chi connectivity index (χ4n) is 3.02. The Balaban J connectivity index is 1.52. The van der Waals surface area contributed by atoms with Crippen molar-refractivity contribution >= 4 is 34.4 Å². The van der Waals surface area contributed by atoms with E-state index in [1.165, 1.54) is 0 Å². The summed E-state index contributed by atoms with van der Waals surface area (Å²) in [6.45, 7) is 0.925. The minimum absolute atomic E-state index is 0.0204. The highest BCUT2D eigenvalue weighted by atomic mass is 32.2. The predicted octanol–water partition coefficient (Wildman–Crippen LogP) is 3.57. The molecular weight excluding hydrogens is 406 g/mol. The Morgan fingerprint density at radius 1 is 1.10 bits per heavy atom. The minimum Gasteiger partial charge on any atom is -0.493 e. The number of rotatable bonds is 10. The van der Waals surface area contributed by atoms with Gasteiger partial charge in [0.1, 0.15) is 6.61 Å². The largest absolute Gasteiger partial charge is 0.493 e. The molecule has 2 aromatic carbocycles. The first-order valence-corrected chi connectivity index (χ1v) is 11.5. The van der Waals surface area contributed by atoms with Gasteiger partial charge in [0.05, 0.1) is 12.9 Å². The summed E-state index contributed by atoms with van der Waals surface area (Å²) in [6, 6.07) is 17.3. The molecule has 0 amide bonds. The van der Waals surface area contributed by atoms with Crippen molar-refractivity contribution < 1.29 is 19.1 Å². The van der Waals surface area contributed by atoms with Gasteiger partial charge < -0.3 is 9.47 Å². The highest BCUT2D eigenvalue weighted by Crippen LogP contribution is 2.33. The Hall–Kier alpha value is -1.96. The van der Waals surface area contributed by atoms with Crippen LogP contribution in [0.15, 0.2) is 54.6 Å². The van der Waals surface area contributed by atoms with Gasteiger partial charge in [-0.25, -0.2) is 0 Å². The van der Waals surface area contributed by atoms with E-state index in [2.05, 4.69) is 5.32 Å². The molecule has 1 heterocycles. The monoisotopic (exact) mass is 431 g/mol. The molecule has 5 nitrogen and oxygen atoms in total. The van der Waals surface area contributed by atoms with Crippen LogP contribution in [-0.4, -0.2) is 47.5 Å². The van der Waals surface area contributed by atoms with Crippen LogP contribution in [0.5, 0.6) is 11.5 Å². The standard InChI is InChI=1S/C22H25NO4S2/c1-26-18-9-5-6-10-19(18)27-16-22(23-13-14-29-22)20(24)15-28-21(25)12-11-17-7-3-2-4-8-17/h2-10,23H,11-16H2,1H3. The van der Waals surface area contributed by atoms with E-state index in [-0.39, 0.29) is 23.3 Å². The zero-order valence-electron chi connectivity index (χ0n) is 16.4. The molecule has 29 heavy (non-hydrogen) atoms. The fraction of sp³-hybridized carbons (Fsp3) is 0.364. The number of carbonyl (C=O) groups is 2. The van der Waals surface area contributed by atoms with Crippen LogP contribution in [0.4, 0.5) is 0 Å². The molecule has 1 aliphatic heterocycles. The molecule has 0 radical (unpaired) electrons. The second kappa shape index (κ2) is 10.7. The molecule has 1 saturated heterocycles. The highest BCUT2D eigenvalue weighted by Gasteiger charge is 2.42. The van der Waals surface area contributed by atoms with Crippen molar-refractivity contribution in [1.82, 2.24) is 5.32 Å². The number of nitrogens with one attached hydrogen (secondary N) is 1. The fourth-order valence-corrected chi connectivity index (χ4v) is 5.03. The number of benzene rings is 2. The van der Waals surface area contributed by atoms with Crippen LogP contribution in [-0.2, 0) is 16.0 Å². The van der Waals surface area contributed by atoms with Gasteiger partial charge in [-0.3, -0.25) is 14.9 Å². The van der Waals surface area contributed by atoms with Gasteiger partial charge in [0.25, 0.3) is 0 Å². The molecule has 154 valence electrons. The van der Waals surface area contributed by atoms with E-state index >= 15 is 0 Å². The molecule has 0 aromatic heterocycles. The van der Waals surface area contributed by atoms with Gasteiger partial charge in [-0.2, -0.15) is 0 Å². The summed E-state index contributed by atoms with van der Waals surface area (Å²) in [6.07, 6.45) is 1.11. The van der Waals surface area contributed by atoms with Crippen LogP contribution < -0.4 is 14.8 Å². The first-order valence-electron chi connectivity index (χ1n) is 9.50. The predicted molar refractivity (Wildman–Crippen MR) is 119 cm³/mol. The first-order chi connectivity index (χ1) is 14.1. The van der Waals surface area contributed by atoms with Crippen LogP contribution in [0.3, 0.4) is 0 Å². The van der Waals surface area contributed by atoms with Crippen LogP contribution in [0.25, 0.3) is 0 Å². The normalized spacial score (nSPS) is 18.4. The third kappa shape index (κ3) is 6.01. The highest BCUT2D eigenvalue weighted by molar-refractivity contribution is 8.14. The van der Waals surface area contributed by atoms with E-state index in [1.807, 2.05) is 54.6 Å². The molecule has 2 aromatic rings. The summed E-state index contributed by atoms with van der Waals surface area (Å²) in [5.41, 5.74) is 1.13. The molecule has 0 aliphatic carbocycles. The van der Waals surface area contributed by atoms with Crippen molar-refractivity contribution in [3.05, 3.63) is 60.2 Å². The maximum atomic E-state index is 13.0. The quantitative estimate of drug-likeness (QED) is 0.617. The molecule has 1 atom stereocenters. The SMILES string of the molecule is COc1ccccc1OCC1(C(=O)CSC(=O)CCc2ccccc2)NCCS1. The number of ether oxygens (including phenoxy) is 2. The van der Waals surface area contributed by atoms with Crippen LogP contribution in [0, 0.1) is 0 Å². The Kier molecular flexibility index (Phi) is 8.03. The molecular formula is C22H25NO4S2. The van der Waals surface area contributed by atoms with Crippen molar-refractivity contribution in [2.75, 3.05) is 31.8 Å². The Labute approximate surface area is 179 Å². The summed E-state index contributed by atoms with van der Waals surface area (Å²) in [4.78, 5) is 24.4. The van der Waals surface area contributed by atoms with E-state index in [4.69, 9.17) is 9.47 Å². The van der Waals surface area contributed by atoms with Gasteiger partial charge >= 0.3 is 0 Å². The lowest BCUT2D eigenvalue weighted by Crippen LogP contribution is -2.51. The lowest BCUT2D eigenvalue weighted by Gasteiger charge is -2.27. The molecule has 1 fully saturated rings. The second-order valence-electron chi connectivity index (χ2n) is 6.61. The number of aryl methyl sites for hydroxylation is 1. The number of thioether (sulfide) groups is 2. The number of hydrogen-bond acceptors (Lipinski definition) is 7. The zero-order chi connectivity index (χ0) is 20.5. The molecule has 1 N–H and O–H groups in total. The van der Waals surface area contributed by atoms with Crippen LogP contribution >= 0.6 is 23.5 Å².